The molecule has 18 heavy (non-hydrogen) atoms. The molecule has 0 aliphatic heterocycles. The Balaban J connectivity index is 3.05. The van der Waals surface area contributed by atoms with Gasteiger partial charge in [-0.05, 0) is 46.5 Å². The van der Waals surface area contributed by atoms with Crippen molar-refractivity contribution in [2.24, 2.45) is 0 Å². The molecule has 2 nitrogen and oxygen atoms in total. The molecule has 0 aliphatic carbocycles. The van der Waals surface area contributed by atoms with E-state index in [1.54, 1.807) is 6.92 Å². The second kappa shape index (κ2) is 6.07. The summed E-state index contributed by atoms with van der Waals surface area (Å²) in [5.74, 6) is 0. The largest absolute Gasteiger partial charge is 0.254 e. The molecule has 1 heterocycles. The average Bonchev–Trinajstić information content (AvgIpc) is 2.32. The van der Waals surface area contributed by atoms with E-state index < -0.39 is 5.67 Å². The van der Waals surface area contributed by atoms with E-state index in [1.807, 2.05) is 26.8 Å². The number of aromatic nitrogens is 2. The number of allylic oxidation sites excluding steroid dienone is 1. The van der Waals surface area contributed by atoms with Gasteiger partial charge in [0.2, 0.25) is 0 Å². The Hall–Kier alpha value is -1.25. The molecule has 1 atom stereocenters. The minimum absolute atomic E-state index is 0.462. The van der Waals surface area contributed by atoms with E-state index in [1.165, 1.54) is 0 Å². The minimum atomic E-state index is -1.40. The van der Waals surface area contributed by atoms with Crippen LogP contribution in [0.2, 0.25) is 0 Å². The Morgan fingerprint density at radius 3 is 2.44 bits per heavy atom. The zero-order valence-electron chi connectivity index (χ0n) is 11.9. The van der Waals surface area contributed by atoms with Crippen LogP contribution in [-0.2, 0) is 12.1 Å². The molecule has 1 aromatic rings. The van der Waals surface area contributed by atoms with Gasteiger partial charge in [-0.25, -0.2) is 4.39 Å². The van der Waals surface area contributed by atoms with Gasteiger partial charge in [-0.15, -0.1) is 6.58 Å². The van der Waals surface area contributed by atoms with Gasteiger partial charge in [-0.1, -0.05) is 13.0 Å². The Morgan fingerprint density at radius 1 is 1.28 bits per heavy atom. The van der Waals surface area contributed by atoms with Crippen molar-refractivity contribution in [3.05, 3.63) is 35.4 Å². The summed E-state index contributed by atoms with van der Waals surface area (Å²) in [5.41, 5.74) is 1.59. The third-order valence-corrected chi connectivity index (χ3v) is 3.26. The first-order valence-corrected chi connectivity index (χ1v) is 6.56. The van der Waals surface area contributed by atoms with Gasteiger partial charge in [0.25, 0.3) is 0 Å². The maximum Gasteiger partial charge on any atom is 0.151 e. The molecule has 1 aromatic heterocycles. The Morgan fingerprint density at radius 2 is 1.89 bits per heavy atom. The number of hydrogen-bond acceptors (Lipinski definition) is 2. The molecular formula is C15H23FN2. The van der Waals surface area contributed by atoms with Crippen LogP contribution in [0.3, 0.4) is 0 Å². The number of rotatable bonds is 6. The molecule has 0 N–H and O–H groups in total. The molecule has 0 aromatic carbocycles. The summed E-state index contributed by atoms with van der Waals surface area (Å²) < 4.78 is 14.8. The lowest BCUT2D eigenvalue weighted by Crippen LogP contribution is -2.21. The Bertz CT molecular complexity index is 425. The second-order valence-corrected chi connectivity index (χ2v) is 4.92. The van der Waals surface area contributed by atoms with Crippen LogP contribution in [0.25, 0.3) is 0 Å². The highest BCUT2D eigenvalue weighted by Gasteiger charge is 2.30. The van der Waals surface area contributed by atoms with Crippen molar-refractivity contribution in [2.45, 2.75) is 59.0 Å². The summed E-state index contributed by atoms with van der Waals surface area (Å²) in [6.45, 7) is 11.1. The van der Waals surface area contributed by atoms with Crippen LogP contribution >= 0.6 is 0 Å². The summed E-state index contributed by atoms with van der Waals surface area (Å²) in [6.07, 6.45) is 4.62. The molecule has 100 valence electrons. The minimum Gasteiger partial charge on any atom is -0.254 e. The molecule has 0 radical (unpaired) electrons. The molecule has 0 aliphatic rings. The summed E-state index contributed by atoms with van der Waals surface area (Å²) in [4.78, 5) is 8.89. The number of alkyl halides is 1. The molecule has 0 bridgehead atoms. The SMILES string of the molecule is C=CCCCC(C)(F)c1nc(C)c(C)nc1CC. The normalized spacial score (nSPS) is 14.3. The third-order valence-electron chi connectivity index (χ3n) is 3.26. The number of hydrogen-bond donors (Lipinski definition) is 0. The summed E-state index contributed by atoms with van der Waals surface area (Å²) in [5, 5.41) is 0. The van der Waals surface area contributed by atoms with E-state index in [2.05, 4.69) is 16.5 Å². The van der Waals surface area contributed by atoms with Crippen LogP contribution in [0.5, 0.6) is 0 Å². The van der Waals surface area contributed by atoms with Crippen LogP contribution in [0.1, 0.15) is 55.9 Å². The highest BCUT2D eigenvalue weighted by molar-refractivity contribution is 5.23. The van der Waals surface area contributed by atoms with E-state index in [4.69, 9.17) is 0 Å². The van der Waals surface area contributed by atoms with Crippen molar-refractivity contribution in [3.63, 3.8) is 0 Å². The van der Waals surface area contributed by atoms with E-state index in [-0.39, 0.29) is 0 Å². The van der Waals surface area contributed by atoms with Crippen molar-refractivity contribution in [1.82, 2.24) is 9.97 Å². The first-order valence-electron chi connectivity index (χ1n) is 6.56. The van der Waals surface area contributed by atoms with Crippen LogP contribution in [0.15, 0.2) is 12.7 Å². The predicted molar refractivity (Wildman–Crippen MR) is 73.4 cm³/mol. The molecule has 0 saturated heterocycles. The Kier molecular flexibility index (Phi) is 5.00. The summed E-state index contributed by atoms with van der Waals surface area (Å²) in [6, 6.07) is 0. The summed E-state index contributed by atoms with van der Waals surface area (Å²) in [7, 11) is 0. The van der Waals surface area contributed by atoms with Crippen molar-refractivity contribution >= 4 is 0 Å². The fraction of sp³-hybridized carbons (Fsp3) is 0.600. The number of nitrogens with zero attached hydrogens (tertiary/aromatic N) is 2. The number of aryl methyl sites for hydroxylation is 3. The highest BCUT2D eigenvalue weighted by atomic mass is 19.1. The lowest BCUT2D eigenvalue weighted by molar-refractivity contribution is 0.164. The quantitative estimate of drug-likeness (QED) is 0.558. The van der Waals surface area contributed by atoms with E-state index in [0.29, 0.717) is 18.5 Å². The van der Waals surface area contributed by atoms with Crippen molar-refractivity contribution in [2.75, 3.05) is 0 Å². The van der Waals surface area contributed by atoms with Crippen LogP contribution in [0, 0.1) is 13.8 Å². The van der Waals surface area contributed by atoms with Gasteiger partial charge in [0, 0.05) is 0 Å². The van der Waals surface area contributed by atoms with Crippen LogP contribution in [-0.4, -0.2) is 9.97 Å². The first kappa shape index (κ1) is 14.8. The zero-order chi connectivity index (χ0) is 13.8. The van der Waals surface area contributed by atoms with Gasteiger partial charge in [-0.2, -0.15) is 0 Å². The summed E-state index contributed by atoms with van der Waals surface area (Å²) >= 11 is 0. The monoisotopic (exact) mass is 250 g/mol. The van der Waals surface area contributed by atoms with E-state index >= 15 is 0 Å². The van der Waals surface area contributed by atoms with Gasteiger partial charge in [0.1, 0.15) is 0 Å². The topological polar surface area (TPSA) is 25.8 Å². The van der Waals surface area contributed by atoms with Crippen molar-refractivity contribution in [3.8, 4) is 0 Å². The standard InChI is InChI=1S/C15H23FN2/c1-6-8-9-10-15(5,16)14-13(7-2)17-11(3)12(4)18-14/h6H,1,7-10H2,2-5H3. The number of halogens is 1. The molecule has 1 unspecified atom stereocenters. The predicted octanol–water partition coefficient (Wildman–Crippen LogP) is 4.20. The zero-order valence-corrected chi connectivity index (χ0v) is 11.9. The van der Waals surface area contributed by atoms with Crippen LogP contribution in [0.4, 0.5) is 4.39 Å². The van der Waals surface area contributed by atoms with Crippen molar-refractivity contribution in [1.29, 1.82) is 0 Å². The molecule has 0 amide bonds. The van der Waals surface area contributed by atoms with Gasteiger partial charge in [0.05, 0.1) is 22.8 Å². The maximum absolute atomic E-state index is 14.8. The third kappa shape index (κ3) is 3.37. The van der Waals surface area contributed by atoms with Gasteiger partial charge >= 0.3 is 0 Å². The highest BCUT2D eigenvalue weighted by Crippen LogP contribution is 2.32. The molecule has 0 spiro atoms. The molecule has 3 heteroatoms. The van der Waals surface area contributed by atoms with Crippen LogP contribution < -0.4 is 0 Å². The van der Waals surface area contributed by atoms with Gasteiger partial charge < -0.3 is 0 Å². The lowest BCUT2D eigenvalue weighted by Gasteiger charge is -2.22. The molecular weight excluding hydrogens is 227 g/mol. The van der Waals surface area contributed by atoms with E-state index in [0.717, 1.165) is 29.9 Å². The first-order chi connectivity index (χ1) is 8.42. The van der Waals surface area contributed by atoms with Gasteiger partial charge in [-0.3, -0.25) is 9.97 Å². The lowest BCUT2D eigenvalue weighted by atomic mass is 9.94. The fourth-order valence-electron chi connectivity index (χ4n) is 2.01. The Labute approximate surface area is 109 Å². The van der Waals surface area contributed by atoms with E-state index in [9.17, 15) is 4.39 Å². The second-order valence-electron chi connectivity index (χ2n) is 4.92. The molecule has 0 saturated carbocycles. The maximum atomic E-state index is 14.8. The average molecular weight is 250 g/mol. The smallest absolute Gasteiger partial charge is 0.151 e. The van der Waals surface area contributed by atoms with Gasteiger partial charge in [0.15, 0.2) is 5.67 Å². The molecule has 1 rings (SSSR count). The molecule has 0 fully saturated rings. The fourth-order valence-corrected chi connectivity index (χ4v) is 2.01. The number of unbranched alkanes of at least 4 members (excludes halogenated alkanes) is 1. The van der Waals surface area contributed by atoms with Crippen molar-refractivity contribution < 1.29 is 4.39 Å².